The number of hydrogen-bond acceptors (Lipinski definition) is 4. The molecule has 0 saturated heterocycles. The normalized spacial score (nSPS) is 19.7. The van der Waals surface area contributed by atoms with Crippen LogP contribution in [0.2, 0.25) is 0 Å². The van der Waals surface area contributed by atoms with Crippen LogP contribution in [0.15, 0.2) is 46.8 Å². The van der Waals surface area contributed by atoms with E-state index in [4.69, 9.17) is 9.47 Å². The molecule has 0 spiro atoms. The van der Waals surface area contributed by atoms with Crippen molar-refractivity contribution in [3.63, 3.8) is 0 Å². The van der Waals surface area contributed by atoms with Crippen LogP contribution in [0.25, 0.3) is 0 Å². The number of carbonyl (C=O) groups excluding carboxylic acids is 1. The molecule has 0 amide bonds. The molecule has 5 heteroatoms. The highest BCUT2D eigenvalue weighted by Crippen LogP contribution is 2.46. The second-order valence-corrected chi connectivity index (χ2v) is 5.85. The van der Waals surface area contributed by atoms with Gasteiger partial charge in [0, 0.05) is 4.47 Å². The lowest BCUT2D eigenvalue weighted by Crippen LogP contribution is -2.37. The van der Waals surface area contributed by atoms with Crippen LogP contribution in [0, 0.1) is 0 Å². The highest BCUT2D eigenvalue weighted by Gasteiger charge is 2.39. The summed E-state index contributed by atoms with van der Waals surface area (Å²) in [5.74, 6) is 1.04. The van der Waals surface area contributed by atoms with Crippen molar-refractivity contribution >= 4 is 27.6 Å². The number of hydrogen-bond donors (Lipinski definition) is 0. The number of nitrogens with zero attached hydrogens (tertiary/aromatic N) is 1. The van der Waals surface area contributed by atoms with Crippen LogP contribution in [-0.2, 0) is 9.53 Å². The molecule has 0 unspecified atom stereocenters. The van der Waals surface area contributed by atoms with Gasteiger partial charge in [-0.2, -0.15) is 0 Å². The number of benzene rings is 1. The van der Waals surface area contributed by atoms with E-state index >= 15 is 0 Å². The Kier molecular flexibility index (Phi) is 3.76. The van der Waals surface area contributed by atoms with E-state index in [0.29, 0.717) is 24.5 Å². The zero-order chi connectivity index (χ0) is 15.0. The topological polar surface area (TPSA) is 38.8 Å². The van der Waals surface area contributed by atoms with Crippen molar-refractivity contribution in [1.82, 2.24) is 0 Å². The molecular formula is C16H16BrNO3. The summed E-state index contributed by atoms with van der Waals surface area (Å²) in [5.41, 5.74) is 1.55. The van der Waals surface area contributed by atoms with Crippen LogP contribution < -0.4 is 9.64 Å². The van der Waals surface area contributed by atoms with Gasteiger partial charge >= 0.3 is 5.97 Å². The third-order valence-electron chi connectivity index (χ3n) is 3.68. The van der Waals surface area contributed by atoms with E-state index < -0.39 is 0 Å². The smallest absolute Gasteiger partial charge is 0.339 e. The zero-order valence-corrected chi connectivity index (χ0v) is 13.4. The predicted molar refractivity (Wildman–Crippen MR) is 84.1 cm³/mol. The molecule has 2 aliphatic rings. The fraction of sp³-hybridized carbons (Fsp3) is 0.312. The number of fused-ring (bicyclic) bond motifs is 3. The number of anilines is 1. The molecule has 2 aliphatic heterocycles. The quantitative estimate of drug-likeness (QED) is 0.615. The van der Waals surface area contributed by atoms with E-state index in [-0.39, 0.29) is 12.0 Å². The molecule has 0 aromatic heterocycles. The van der Waals surface area contributed by atoms with Crippen LogP contribution in [0.5, 0.6) is 5.75 Å². The van der Waals surface area contributed by atoms with Gasteiger partial charge in [0.25, 0.3) is 0 Å². The predicted octanol–water partition coefficient (Wildman–Crippen LogP) is 3.77. The van der Waals surface area contributed by atoms with Gasteiger partial charge in [-0.3, -0.25) is 0 Å². The van der Waals surface area contributed by atoms with Gasteiger partial charge in [0.2, 0.25) is 5.88 Å². The van der Waals surface area contributed by atoms with Gasteiger partial charge in [-0.1, -0.05) is 22.0 Å². The molecule has 4 nitrogen and oxygen atoms in total. The van der Waals surface area contributed by atoms with Crippen molar-refractivity contribution in [3.05, 3.63) is 46.8 Å². The lowest BCUT2D eigenvalue weighted by molar-refractivity contribution is -0.139. The maximum Gasteiger partial charge on any atom is 0.339 e. The van der Waals surface area contributed by atoms with E-state index in [1.165, 1.54) is 0 Å². The monoisotopic (exact) mass is 349 g/mol. The van der Waals surface area contributed by atoms with E-state index in [2.05, 4.69) is 22.5 Å². The zero-order valence-electron chi connectivity index (χ0n) is 11.8. The summed E-state index contributed by atoms with van der Waals surface area (Å²) >= 11 is 3.48. The fourth-order valence-electron chi connectivity index (χ4n) is 2.72. The number of halogens is 1. The average Bonchev–Trinajstić information content (AvgIpc) is 2.85. The van der Waals surface area contributed by atoms with Crippen LogP contribution in [0.3, 0.4) is 0 Å². The minimum atomic E-state index is -0.299. The summed E-state index contributed by atoms with van der Waals surface area (Å²) in [5, 5.41) is 0. The van der Waals surface area contributed by atoms with Crippen molar-refractivity contribution in [2.75, 3.05) is 11.5 Å². The number of rotatable bonds is 3. The van der Waals surface area contributed by atoms with Gasteiger partial charge in [0.15, 0.2) is 5.75 Å². The standard InChI is InChI=1S/C16H16BrNO3/c1-3-11-6-7-12(16(19)20-4-2)15-18(11)13-9-10(17)5-8-14(13)21-15/h3,5,8-9,11H,1,4,6-7H2,2H3/t11-/m0/s1. The summed E-state index contributed by atoms with van der Waals surface area (Å²) in [6.45, 7) is 6.06. The fourth-order valence-corrected chi connectivity index (χ4v) is 3.07. The Morgan fingerprint density at radius 3 is 3.14 bits per heavy atom. The minimum absolute atomic E-state index is 0.119. The maximum absolute atomic E-state index is 12.1. The van der Waals surface area contributed by atoms with Crippen LogP contribution in [0.1, 0.15) is 19.8 Å². The van der Waals surface area contributed by atoms with Gasteiger partial charge in [-0.25, -0.2) is 4.79 Å². The molecule has 0 saturated carbocycles. The SMILES string of the molecule is C=C[C@H]1CCC(C(=O)OCC)=C2Oc3ccc(Br)cc3N21. The minimum Gasteiger partial charge on any atom is -0.462 e. The highest BCUT2D eigenvalue weighted by atomic mass is 79.9. The lowest BCUT2D eigenvalue weighted by Gasteiger charge is -2.32. The maximum atomic E-state index is 12.1. The molecule has 0 fully saturated rings. The Labute approximate surface area is 132 Å². The van der Waals surface area contributed by atoms with E-state index in [9.17, 15) is 4.79 Å². The molecule has 0 radical (unpaired) electrons. The summed E-state index contributed by atoms with van der Waals surface area (Å²) in [6, 6.07) is 5.93. The number of carbonyl (C=O) groups is 1. The molecule has 0 N–H and O–H groups in total. The number of ether oxygens (including phenoxy) is 2. The largest absolute Gasteiger partial charge is 0.462 e. The Morgan fingerprint density at radius 1 is 1.62 bits per heavy atom. The molecular weight excluding hydrogens is 334 g/mol. The first-order valence-electron chi connectivity index (χ1n) is 6.95. The summed E-state index contributed by atoms with van der Waals surface area (Å²) in [6.07, 6.45) is 3.34. The van der Waals surface area contributed by atoms with Crippen molar-refractivity contribution in [3.8, 4) is 5.75 Å². The Balaban J connectivity index is 2.09. The lowest BCUT2D eigenvalue weighted by atomic mass is 9.99. The van der Waals surface area contributed by atoms with Gasteiger partial charge < -0.3 is 14.4 Å². The first-order chi connectivity index (χ1) is 10.2. The first kappa shape index (κ1) is 14.2. The molecule has 21 heavy (non-hydrogen) atoms. The molecule has 0 aliphatic carbocycles. The van der Waals surface area contributed by atoms with Gasteiger partial charge in [0.1, 0.15) is 0 Å². The molecule has 1 aromatic carbocycles. The van der Waals surface area contributed by atoms with Crippen molar-refractivity contribution in [1.29, 1.82) is 0 Å². The van der Waals surface area contributed by atoms with Crippen LogP contribution >= 0.6 is 15.9 Å². The second-order valence-electron chi connectivity index (χ2n) is 4.93. The molecule has 2 heterocycles. The third kappa shape index (κ3) is 2.35. The van der Waals surface area contributed by atoms with Crippen molar-refractivity contribution in [2.24, 2.45) is 0 Å². The van der Waals surface area contributed by atoms with E-state index in [0.717, 1.165) is 22.3 Å². The number of esters is 1. The summed E-state index contributed by atoms with van der Waals surface area (Å²) < 4.78 is 12.0. The van der Waals surface area contributed by atoms with E-state index in [1.54, 1.807) is 6.92 Å². The Morgan fingerprint density at radius 2 is 2.43 bits per heavy atom. The first-order valence-corrected chi connectivity index (χ1v) is 7.74. The molecule has 110 valence electrons. The van der Waals surface area contributed by atoms with Crippen molar-refractivity contribution in [2.45, 2.75) is 25.8 Å². The average molecular weight is 350 g/mol. The third-order valence-corrected chi connectivity index (χ3v) is 4.17. The summed E-state index contributed by atoms with van der Waals surface area (Å²) in [7, 11) is 0. The molecule has 1 atom stereocenters. The van der Waals surface area contributed by atoms with Crippen LogP contribution in [-0.4, -0.2) is 18.6 Å². The highest BCUT2D eigenvalue weighted by molar-refractivity contribution is 9.10. The Bertz CT molecular complexity index is 638. The second kappa shape index (κ2) is 5.56. The Hall–Kier alpha value is -1.75. The van der Waals surface area contributed by atoms with Crippen LogP contribution in [0.4, 0.5) is 5.69 Å². The van der Waals surface area contributed by atoms with E-state index in [1.807, 2.05) is 29.2 Å². The van der Waals surface area contributed by atoms with Gasteiger partial charge in [0.05, 0.1) is 23.9 Å². The molecule has 0 bridgehead atoms. The van der Waals surface area contributed by atoms with Gasteiger partial charge in [-0.15, -0.1) is 6.58 Å². The van der Waals surface area contributed by atoms with Gasteiger partial charge in [-0.05, 0) is 38.0 Å². The van der Waals surface area contributed by atoms with Crippen molar-refractivity contribution < 1.29 is 14.3 Å². The molecule has 3 rings (SSSR count). The molecule has 1 aromatic rings. The summed E-state index contributed by atoms with van der Waals surface area (Å²) in [4.78, 5) is 14.2.